The fourth-order valence-corrected chi connectivity index (χ4v) is 3.28. The Morgan fingerprint density at radius 3 is 2.18 bits per heavy atom. The van der Waals surface area contributed by atoms with Crippen molar-refractivity contribution in [3.8, 4) is 11.1 Å². The van der Waals surface area contributed by atoms with Crippen LogP contribution in [0.4, 0.5) is 5.69 Å². The fourth-order valence-electron chi connectivity index (χ4n) is 3.28. The summed E-state index contributed by atoms with van der Waals surface area (Å²) in [5, 5.41) is 2.80. The van der Waals surface area contributed by atoms with Crippen molar-refractivity contribution in [3.05, 3.63) is 89.5 Å². The quantitative estimate of drug-likeness (QED) is 0.711. The van der Waals surface area contributed by atoms with E-state index in [-0.39, 0.29) is 24.1 Å². The average molecular weight is 370 g/mol. The summed E-state index contributed by atoms with van der Waals surface area (Å²) in [6, 6.07) is 22.6. The zero-order valence-corrected chi connectivity index (χ0v) is 15.3. The molecule has 1 aliphatic heterocycles. The number of nitrogens with zero attached hydrogens (tertiary/aromatic N) is 1. The highest BCUT2D eigenvalue weighted by molar-refractivity contribution is 6.21. The molecule has 0 unspecified atom stereocenters. The van der Waals surface area contributed by atoms with Crippen LogP contribution in [-0.4, -0.2) is 29.7 Å². The normalized spacial score (nSPS) is 12.8. The highest BCUT2D eigenvalue weighted by atomic mass is 16.2. The second kappa shape index (κ2) is 7.12. The number of carbonyl (C=O) groups excluding carboxylic acids is 3. The SMILES string of the molecule is CN1C(=O)c2ccc(NC(=O)Cc3ccc(-c4ccccc4)cc3)cc2C1=O. The Labute approximate surface area is 162 Å². The number of amides is 3. The summed E-state index contributed by atoms with van der Waals surface area (Å²) in [6.07, 6.45) is 0.221. The first-order valence-corrected chi connectivity index (χ1v) is 8.93. The van der Waals surface area contributed by atoms with Crippen molar-refractivity contribution in [2.45, 2.75) is 6.42 Å². The molecule has 0 aromatic heterocycles. The Morgan fingerprint density at radius 2 is 1.46 bits per heavy atom. The van der Waals surface area contributed by atoms with E-state index in [0.29, 0.717) is 16.8 Å². The van der Waals surface area contributed by atoms with Crippen LogP contribution in [0.3, 0.4) is 0 Å². The van der Waals surface area contributed by atoms with Gasteiger partial charge in [-0.25, -0.2) is 0 Å². The highest BCUT2D eigenvalue weighted by Crippen LogP contribution is 2.25. The average Bonchev–Trinajstić information content (AvgIpc) is 2.93. The fraction of sp³-hybridized carbons (Fsp3) is 0.0870. The topological polar surface area (TPSA) is 66.5 Å². The lowest BCUT2D eigenvalue weighted by Crippen LogP contribution is -2.24. The van der Waals surface area contributed by atoms with Gasteiger partial charge in [-0.1, -0.05) is 54.6 Å². The third kappa shape index (κ3) is 3.30. The number of fused-ring (bicyclic) bond motifs is 1. The van der Waals surface area contributed by atoms with Crippen LogP contribution in [0.2, 0.25) is 0 Å². The standard InChI is InChI=1S/C23H18N2O3/c1-25-22(27)19-12-11-18(14-20(19)23(25)28)24-21(26)13-15-7-9-17(10-8-15)16-5-3-2-4-6-16/h2-12,14H,13H2,1H3,(H,24,26). The molecule has 1 N–H and O–H groups in total. The van der Waals surface area contributed by atoms with E-state index in [2.05, 4.69) is 5.32 Å². The lowest BCUT2D eigenvalue weighted by molar-refractivity contribution is -0.115. The molecular formula is C23H18N2O3. The van der Waals surface area contributed by atoms with E-state index in [0.717, 1.165) is 21.6 Å². The molecule has 0 bridgehead atoms. The van der Waals surface area contributed by atoms with Crippen LogP contribution in [0, 0.1) is 0 Å². The Balaban J connectivity index is 1.44. The smallest absolute Gasteiger partial charge is 0.261 e. The van der Waals surface area contributed by atoms with Crippen LogP contribution >= 0.6 is 0 Å². The molecule has 138 valence electrons. The minimum absolute atomic E-state index is 0.183. The molecule has 3 aromatic rings. The van der Waals surface area contributed by atoms with Crippen molar-refractivity contribution in [2.24, 2.45) is 0 Å². The molecule has 0 spiro atoms. The molecule has 0 saturated heterocycles. The van der Waals surface area contributed by atoms with Gasteiger partial charge in [0.05, 0.1) is 17.5 Å². The van der Waals surface area contributed by atoms with Crippen molar-refractivity contribution in [1.29, 1.82) is 0 Å². The molecule has 3 amide bonds. The maximum absolute atomic E-state index is 12.4. The Hall–Kier alpha value is -3.73. The Morgan fingerprint density at radius 1 is 0.821 bits per heavy atom. The first-order valence-electron chi connectivity index (χ1n) is 8.93. The minimum atomic E-state index is -0.354. The third-order valence-corrected chi connectivity index (χ3v) is 4.80. The molecule has 5 nitrogen and oxygen atoms in total. The first-order chi connectivity index (χ1) is 13.5. The maximum atomic E-state index is 12.4. The van der Waals surface area contributed by atoms with Gasteiger partial charge in [0, 0.05) is 12.7 Å². The van der Waals surface area contributed by atoms with Crippen LogP contribution < -0.4 is 5.32 Å². The van der Waals surface area contributed by atoms with Crippen LogP contribution in [0.5, 0.6) is 0 Å². The molecule has 3 aromatic carbocycles. The molecule has 0 fully saturated rings. The molecule has 4 rings (SSSR count). The van der Waals surface area contributed by atoms with Gasteiger partial charge < -0.3 is 5.32 Å². The largest absolute Gasteiger partial charge is 0.326 e. The van der Waals surface area contributed by atoms with Crippen LogP contribution in [0.15, 0.2) is 72.8 Å². The lowest BCUT2D eigenvalue weighted by atomic mass is 10.0. The van der Waals surface area contributed by atoms with Gasteiger partial charge in [0.2, 0.25) is 5.91 Å². The zero-order valence-electron chi connectivity index (χ0n) is 15.3. The molecule has 1 aliphatic rings. The number of carbonyl (C=O) groups is 3. The zero-order chi connectivity index (χ0) is 19.7. The first kappa shape index (κ1) is 17.7. The summed E-state index contributed by atoms with van der Waals surface area (Å²) in [5.41, 5.74) is 4.29. The van der Waals surface area contributed by atoms with E-state index in [1.807, 2.05) is 54.6 Å². The van der Waals surface area contributed by atoms with Gasteiger partial charge in [0.25, 0.3) is 11.8 Å². The Bertz CT molecular complexity index is 1070. The molecule has 0 atom stereocenters. The van der Waals surface area contributed by atoms with E-state index in [1.54, 1.807) is 18.2 Å². The summed E-state index contributed by atoms with van der Waals surface area (Å²) in [6.45, 7) is 0. The van der Waals surface area contributed by atoms with Gasteiger partial charge in [0.15, 0.2) is 0 Å². The predicted octanol–water partition coefficient (Wildman–Crippen LogP) is 3.76. The van der Waals surface area contributed by atoms with Gasteiger partial charge in [-0.3, -0.25) is 19.3 Å². The van der Waals surface area contributed by atoms with Crippen LogP contribution in [0.25, 0.3) is 11.1 Å². The number of imide groups is 1. The number of anilines is 1. The maximum Gasteiger partial charge on any atom is 0.261 e. The van der Waals surface area contributed by atoms with Gasteiger partial charge in [-0.05, 0) is 34.9 Å². The number of benzene rings is 3. The Kier molecular flexibility index (Phi) is 4.49. The van der Waals surface area contributed by atoms with Gasteiger partial charge in [-0.2, -0.15) is 0 Å². The number of hydrogen-bond donors (Lipinski definition) is 1. The molecule has 0 saturated carbocycles. The number of rotatable bonds is 4. The molecule has 5 heteroatoms. The summed E-state index contributed by atoms with van der Waals surface area (Å²) < 4.78 is 0. The van der Waals surface area contributed by atoms with Gasteiger partial charge in [0.1, 0.15) is 0 Å². The van der Waals surface area contributed by atoms with Crippen molar-refractivity contribution in [3.63, 3.8) is 0 Å². The van der Waals surface area contributed by atoms with Crippen molar-refractivity contribution >= 4 is 23.4 Å². The molecule has 0 radical (unpaired) electrons. The summed E-state index contributed by atoms with van der Waals surface area (Å²) >= 11 is 0. The monoisotopic (exact) mass is 370 g/mol. The van der Waals surface area contributed by atoms with E-state index in [1.165, 1.54) is 7.05 Å². The van der Waals surface area contributed by atoms with Gasteiger partial charge in [-0.15, -0.1) is 0 Å². The molecule has 28 heavy (non-hydrogen) atoms. The second-order valence-corrected chi connectivity index (χ2v) is 6.72. The summed E-state index contributed by atoms with van der Waals surface area (Å²) in [5.74, 6) is -0.860. The van der Waals surface area contributed by atoms with Crippen LogP contribution in [0.1, 0.15) is 26.3 Å². The highest BCUT2D eigenvalue weighted by Gasteiger charge is 2.32. The summed E-state index contributed by atoms with van der Waals surface area (Å²) in [7, 11) is 1.45. The van der Waals surface area contributed by atoms with E-state index in [9.17, 15) is 14.4 Å². The van der Waals surface area contributed by atoms with Crippen molar-refractivity contribution < 1.29 is 14.4 Å². The number of hydrogen-bond acceptors (Lipinski definition) is 3. The molecule has 1 heterocycles. The second-order valence-electron chi connectivity index (χ2n) is 6.72. The minimum Gasteiger partial charge on any atom is -0.326 e. The number of nitrogens with one attached hydrogen (secondary N) is 1. The van der Waals surface area contributed by atoms with E-state index < -0.39 is 0 Å². The van der Waals surface area contributed by atoms with E-state index >= 15 is 0 Å². The third-order valence-electron chi connectivity index (χ3n) is 4.80. The lowest BCUT2D eigenvalue weighted by Gasteiger charge is -2.07. The van der Waals surface area contributed by atoms with Crippen molar-refractivity contribution in [2.75, 3.05) is 12.4 Å². The van der Waals surface area contributed by atoms with E-state index in [4.69, 9.17) is 0 Å². The van der Waals surface area contributed by atoms with Gasteiger partial charge >= 0.3 is 0 Å². The predicted molar refractivity (Wildman–Crippen MR) is 107 cm³/mol. The van der Waals surface area contributed by atoms with Crippen LogP contribution in [-0.2, 0) is 11.2 Å². The molecule has 0 aliphatic carbocycles. The summed E-state index contributed by atoms with van der Waals surface area (Å²) in [4.78, 5) is 37.5. The molecular weight excluding hydrogens is 352 g/mol. The van der Waals surface area contributed by atoms with Crippen molar-refractivity contribution in [1.82, 2.24) is 4.90 Å².